The van der Waals surface area contributed by atoms with Gasteiger partial charge < -0.3 is 24.4 Å². The minimum atomic E-state index is -0.516. The molecule has 6 nitrogen and oxygen atoms in total. The number of ether oxygens (including phenoxy) is 2. The summed E-state index contributed by atoms with van der Waals surface area (Å²) in [4.78, 5) is 17.4. The van der Waals surface area contributed by atoms with Gasteiger partial charge in [0.25, 0.3) is 0 Å². The van der Waals surface area contributed by atoms with Crippen LogP contribution < -0.4 is 14.5 Å². The third kappa shape index (κ3) is 2.71. The lowest BCUT2D eigenvalue weighted by Crippen LogP contribution is -2.36. The molecule has 3 aliphatic heterocycles. The average Bonchev–Trinajstić information content (AvgIpc) is 3.29. The van der Waals surface area contributed by atoms with Crippen LogP contribution in [0.5, 0.6) is 11.5 Å². The van der Waals surface area contributed by atoms with Gasteiger partial charge in [-0.1, -0.05) is 18.2 Å². The van der Waals surface area contributed by atoms with Crippen molar-refractivity contribution in [1.82, 2.24) is 0 Å². The highest BCUT2D eigenvalue weighted by Gasteiger charge is 2.41. The maximum atomic E-state index is 13.5. The molecule has 1 saturated heterocycles. The van der Waals surface area contributed by atoms with Crippen molar-refractivity contribution >= 4 is 17.3 Å². The smallest absolute Gasteiger partial charge is 0.239 e. The standard InChI is InChI=1S/C22H24N2O4/c1-23-8-10-28-20-12-19(25)16(11-18(20)23)21-15-6-2-3-7-17(15)24(22(21)26)13-14-5-4-9-27-14/h2-3,6-7,11-12,14,21,25H,4-5,8-10,13H2,1H3/t14-,21?/m1/s1. The monoisotopic (exact) mass is 380 g/mol. The van der Waals surface area contributed by atoms with Crippen LogP contribution in [0.2, 0.25) is 0 Å². The Morgan fingerprint density at radius 1 is 1.14 bits per heavy atom. The minimum Gasteiger partial charge on any atom is -0.507 e. The Labute approximate surface area is 164 Å². The minimum absolute atomic E-state index is 0.00803. The quantitative estimate of drug-likeness (QED) is 0.887. The van der Waals surface area contributed by atoms with Crippen molar-refractivity contribution in [3.05, 3.63) is 47.5 Å². The first-order chi connectivity index (χ1) is 13.6. The fourth-order valence-corrected chi connectivity index (χ4v) is 4.50. The van der Waals surface area contributed by atoms with Crippen molar-refractivity contribution in [3.63, 3.8) is 0 Å². The summed E-state index contributed by atoms with van der Waals surface area (Å²) in [5, 5.41) is 10.7. The SMILES string of the molecule is CN1CCOc2cc(O)c(C3C(=O)N(C[C@H]4CCCO4)c4ccccc43)cc21. The van der Waals surface area contributed by atoms with E-state index in [1.807, 2.05) is 42.3 Å². The summed E-state index contributed by atoms with van der Waals surface area (Å²) in [6.45, 7) is 2.68. The molecule has 0 aromatic heterocycles. The van der Waals surface area contributed by atoms with E-state index in [-0.39, 0.29) is 17.8 Å². The summed E-state index contributed by atoms with van der Waals surface area (Å²) in [6.07, 6.45) is 2.09. The van der Waals surface area contributed by atoms with Crippen LogP contribution >= 0.6 is 0 Å². The molecular weight excluding hydrogens is 356 g/mol. The Kier molecular flexibility index (Phi) is 4.16. The Morgan fingerprint density at radius 2 is 2.00 bits per heavy atom. The fourth-order valence-electron chi connectivity index (χ4n) is 4.50. The molecule has 1 amide bonds. The highest BCUT2D eigenvalue weighted by atomic mass is 16.5. The molecule has 2 aromatic carbocycles. The van der Waals surface area contributed by atoms with Gasteiger partial charge in [-0.2, -0.15) is 0 Å². The molecule has 5 rings (SSSR count). The Bertz CT molecular complexity index is 923. The van der Waals surface area contributed by atoms with Crippen molar-refractivity contribution in [2.45, 2.75) is 24.9 Å². The van der Waals surface area contributed by atoms with E-state index in [9.17, 15) is 9.90 Å². The van der Waals surface area contributed by atoms with Crippen molar-refractivity contribution in [2.24, 2.45) is 0 Å². The second kappa shape index (κ2) is 6.71. The van der Waals surface area contributed by atoms with Crippen molar-refractivity contribution in [3.8, 4) is 11.5 Å². The van der Waals surface area contributed by atoms with Crippen molar-refractivity contribution < 1.29 is 19.4 Å². The van der Waals surface area contributed by atoms with E-state index in [2.05, 4.69) is 4.90 Å². The van der Waals surface area contributed by atoms with Gasteiger partial charge in [-0.05, 0) is 30.5 Å². The number of fused-ring (bicyclic) bond motifs is 2. The number of phenols is 1. The Balaban J connectivity index is 1.57. The molecule has 0 spiro atoms. The van der Waals surface area contributed by atoms with Crippen LogP contribution in [0.1, 0.15) is 29.9 Å². The first kappa shape index (κ1) is 17.4. The lowest BCUT2D eigenvalue weighted by Gasteiger charge is -2.29. The number of amides is 1. The van der Waals surface area contributed by atoms with Gasteiger partial charge in [0.2, 0.25) is 5.91 Å². The molecule has 1 unspecified atom stereocenters. The highest BCUT2D eigenvalue weighted by Crippen LogP contribution is 2.47. The molecular formula is C22H24N2O4. The van der Waals surface area contributed by atoms with Crippen molar-refractivity contribution in [2.75, 3.05) is 43.2 Å². The lowest BCUT2D eigenvalue weighted by molar-refractivity contribution is -0.118. The molecule has 1 fully saturated rings. The number of rotatable bonds is 3. The highest BCUT2D eigenvalue weighted by molar-refractivity contribution is 6.07. The summed E-state index contributed by atoms with van der Waals surface area (Å²) in [6, 6.07) is 11.4. The molecule has 2 atom stereocenters. The summed E-state index contributed by atoms with van der Waals surface area (Å²) < 4.78 is 11.4. The van der Waals surface area contributed by atoms with Crippen LogP contribution in [-0.2, 0) is 9.53 Å². The predicted molar refractivity (Wildman–Crippen MR) is 106 cm³/mol. The third-order valence-electron chi connectivity index (χ3n) is 5.98. The molecule has 0 saturated carbocycles. The van der Waals surface area contributed by atoms with Gasteiger partial charge in [-0.3, -0.25) is 4.79 Å². The summed E-state index contributed by atoms with van der Waals surface area (Å²) in [5.74, 6) is 0.232. The fraction of sp³-hybridized carbons (Fsp3) is 0.409. The van der Waals surface area contributed by atoms with Crippen LogP contribution in [0, 0.1) is 0 Å². The zero-order chi connectivity index (χ0) is 19.3. The van der Waals surface area contributed by atoms with E-state index < -0.39 is 5.92 Å². The van der Waals surface area contributed by atoms with Gasteiger partial charge in [0.05, 0.1) is 30.8 Å². The number of likely N-dealkylation sites (N-methyl/N-ethyl adjacent to an activating group) is 1. The molecule has 0 radical (unpaired) electrons. The van der Waals surface area contributed by atoms with Gasteiger partial charge in [0.1, 0.15) is 18.1 Å². The van der Waals surface area contributed by atoms with Gasteiger partial charge in [0, 0.05) is 31.0 Å². The number of hydrogen-bond donors (Lipinski definition) is 1. The van der Waals surface area contributed by atoms with Gasteiger partial charge in [-0.15, -0.1) is 0 Å². The number of phenolic OH excluding ortho intramolecular Hbond substituents is 1. The van der Waals surface area contributed by atoms with E-state index in [0.29, 0.717) is 24.5 Å². The largest absolute Gasteiger partial charge is 0.507 e. The van der Waals surface area contributed by atoms with E-state index in [0.717, 1.165) is 42.9 Å². The molecule has 28 heavy (non-hydrogen) atoms. The van der Waals surface area contributed by atoms with Crippen LogP contribution in [0.15, 0.2) is 36.4 Å². The molecule has 6 heteroatoms. The number of anilines is 2. The summed E-state index contributed by atoms with van der Waals surface area (Å²) >= 11 is 0. The maximum absolute atomic E-state index is 13.5. The van der Waals surface area contributed by atoms with Crippen LogP contribution in [0.3, 0.4) is 0 Å². The topological polar surface area (TPSA) is 62.2 Å². The normalized spacial score (nSPS) is 23.5. The van der Waals surface area contributed by atoms with Gasteiger partial charge in [-0.25, -0.2) is 0 Å². The Hall–Kier alpha value is -2.73. The van der Waals surface area contributed by atoms with Crippen LogP contribution in [0.4, 0.5) is 11.4 Å². The molecule has 1 N–H and O–H groups in total. The van der Waals surface area contributed by atoms with Gasteiger partial charge >= 0.3 is 0 Å². The number of carbonyl (C=O) groups excluding carboxylic acids is 1. The number of benzene rings is 2. The third-order valence-corrected chi connectivity index (χ3v) is 5.98. The first-order valence-electron chi connectivity index (χ1n) is 9.86. The van der Waals surface area contributed by atoms with E-state index >= 15 is 0 Å². The zero-order valence-electron chi connectivity index (χ0n) is 15.9. The second-order valence-corrected chi connectivity index (χ2v) is 7.72. The molecule has 2 aromatic rings. The number of para-hydroxylation sites is 1. The van der Waals surface area contributed by atoms with E-state index in [1.54, 1.807) is 6.07 Å². The predicted octanol–water partition coefficient (Wildman–Crippen LogP) is 2.88. The van der Waals surface area contributed by atoms with Crippen molar-refractivity contribution in [1.29, 1.82) is 0 Å². The molecule has 3 aliphatic rings. The zero-order valence-corrected chi connectivity index (χ0v) is 15.9. The first-order valence-corrected chi connectivity index (χ1v) is 9.86. The van der Waals surface area contributed by atoms with E-state index in [4.69, 9.17) is 9.47 Å². The number of aromatic hydroxyl groups is 1. The van der Waals surface area contributed by atoms with Crippen LogP contribution in [-0.4, -0.2) is 50.5 Å². The number of hydrogen-bond acceptors (Lipinski definition) is 5. The number of carbonyl (C=O) groups is 1. The number of nitrogens with zero attached hydrogens (tertiary/aromatic N) is 2. The van der Waals surface area contributed by atoms with Crippen LogP contribution in [0.25, 0.3) is 0 Å². The average molecular weight is 380 g/mol. The molecule has 146 valence electrons. The summed E-state index contributed by atoms with van der Waals surface area (Å²) in [5.41, 5.74) is 3.38. The molecule has 0 bridgehead atoms. The summed E-state index contributed by atoms with van der Waals surface area (Å²) in [7, 11) is 2.00. The second-order valence-electron chi connectivity index (χ2n) is 7.72. The molecule has 0 aliphatic carbocycles. The molecule has 3 heterocycles. The maximum Gasteiger partial charge on any atom is 0.239 e. The lowest BCUT2D eigenvalue weighted by atomic mass is 9.91. The van der Waals surface area contributed by atoms with Gasteiger partial charge in [0.15, 0.2) is 0 Å². The van der Waals surface area contributed by atoms with E-state index in [1.165, 1.54) is 0 Å². The Morgan fingerprint density at radius 3 is 2.82 bits per heavy atom.